The van der Waals surface area contributed by atoms with Gasteiger partial charge in [0.15, 0.2) is 5.16 Å². The summed E-state index contributed by atoms with van der Waals surface area (Å²) in [7, 11) is 0. The largest absolute Gasteiger partial charge is 0.435 e. The predicted molar refractivity (Wildman–Crippen MR) is 98.5 cm³/mol. The van der Waals surface area contributed by atoms with Crippen molar-refractivity contribution < 1.29 is 18.3 Å². The van der Waals surface area contributed by atoms with Crippen molar-refractivity contribution in [3.05, 3.63) is 58.9 Å². The van der Waals surface area contributed by atoms with Crippen LogP contribution in [0.2, 0.25) is 0 Å². The van der Waals surface area contributed by atoms with Crippen molar-refractivity contribution in [3.8, 4) is 11.4 Å². The Morgan fingerprint density at radius 3 is 2.48 bits per heavy atom. The van der Waals surface area contributed by atoms with Crippen LogP contribution >= 0.6 is 11.8 Å². The van der Waals surface area contributed by atoms with Crippen LogP contribution < -0.4 is 16.0 Å². The van der Waals surface area contributed by atoms with E-state index in [-0.39, 0.29) is 16.5 Å². The number of ether oxygens (including phenoxy) is 1. The van der Waals surface area contributed by atoms with Gasteiger partial charge < -0.3 is 10.5 Å². The third kappa shape index (κ3) is 4.08. The van der Waals surface area contributed by atoms with Gasteiger partial charge in [-0.1, -0.05) is 23.9 Å². The molecule has 1 heterocycles. The number of nitrogens with two attached hydrogens (primary N) is 1. The maximum absolute atomic E-state index is 13.0. The molecule has 0 bridgehead atoms. The van der Waals surface area contributed by atoms with Gasteiger partial charge in [-0.05, 0) is 43.3 Å². The van der Waals surface area contributed by atoms with Gasteiger partial charge in [-0.2, -0.15) is 8.78 Å². The molecule has 0 saturated carbocycles. The van der Waals surface area contributed by atoms with Crippen molar-refractivity contribution in [2.45, 2.75) is 23.9 Å². The maximum Gasteiger partial charge on any atom is 0.387 e. The number of alkyl halides is 2. The van der Waals surface area contributed by atoms with Gasteiger partial charge in [0.2, 0.25) is 5.91 Å². The normalized spacial score (nSPS) is 12.3. The first kappa shape index (κ1) is 18.8. The summed E-state index contributed by atoms with van der Waals surface area (Å²) in [6.45, 7) is -1.33. The number of carbonyl (C=O) groups excluding carboxylic acids is 1. The molecule has 3 aromatic rings. The highest BCUT2D eigenvalue weighted by Crippen LogP contribution is 2.26. The van der Waals surface area contributed by atoms with E-state index in [0.29, 0.717) is 16.6 Å². The molecule has 0 aliphatic carbocycles. The zero-order valence-electron chi connectivity index (χ0n) is 14.1. The molecule has 2 aromatic carbocycles. The first-order valence-electron chi connectivity index (χ1n) is 7.90. The van der Waals surface area contributed by atoms with Gasteiger partial charge in [0, 0.05) is 0 Å². The number of rotatable bonds is 6. The lowest BCUT2D eigenvalue weighted by Crippen LogP contribution is -2.26. The van der Waals surface area contributed by atoms with Crippen LogP contribution in [0.1, 0.15) is 6.92 Å². The molecule has 0 aliphatic heterocycles. The number of carbonyl (C=O) groups is 1. The molecule has 0 saturated heterocycles. The van der Waals surface area contributed by atoms with Crippen molar-refractivity contribution >= 4 is 28.6 Å². The number of halogens is 2. The molecule has 140 valence electrons. The summed E-state index contributed by atoms with van der Waals surface area (Å²) < 4.78 is 30.3. The highest BCUT2D eigenvalue weighted by molar-refractivity contribution is 8.00. The molecule has 27 heavy (non-hydrogen) atoms. The first-order chi connectivity index (χ1) is 12.9. The van der Waals surface area contributed by atoms with E-state index in [4.69, 9.17) is 5.73 Å². The standard InChI is InChI=1S/C18H15F2N3O3S/c1-10(15(21)24)27-18-22-14-5-3-2-4-13(14)16(25)23(18)11-6-8-12(9-7-11)26-17(19)20/h2-10,17H,1H3,(H2,21,24)/t10-/m0/s1. The monoisotopic (exact) mass is 391 g/mol. The molecule has 1 aromatic heterocycles. The Morgan fingerprint density at radius 1 is 1.19 bits per heavy atom. The number of aromatic nitrogens is 2. The number of amides is 1. The highest BCUT2D eigenvalue weighted by atomic mass is 32.2. The fourth-order valence-corrected chi connectivity index (χ4v) is 3.29. The van der Waals surface area contributed by atoms with Gasteiger partial charge in [-0.3, -0.25) is 14.2 Å². The summed E-state index contributed by atoms with van der Waals surface area (Å²) in [6.07, 6.45) is 0. The van der Waals surface area contributed by atoms with Gasteiger partial charge in [0.1, 0.15) is 5.75 Å². The van der Waals surface area contributed by atoms with Crippen LogP contribution in [0.4, 0.5) is 8.78 Å². The topological polar surface area (TPSA) is 87.2 Å². The molecule has 9 heteroatoms. The Labute approximate surface area is 157 Å². The number of primary amides is 1. The lowest BCUT2D eigenvalue weighted by molar-refractivity contribution is -0.117. The van der Waals surface area contributed by atoms with Crippen molar-refractivity contribution in [1.82, 2.24) is 9.55 Å². The second-order valence-corrected chi connectivity index (χ2v) is 6.89. The summed E-state index contributed by atoms with van der Waals surface area (Å²) in [5.41, 5.74) is 5.87. The highest BCUT2D eigenvalue weighted by Gasteiger charge is 2.18. The average Bonchev–Trinajstić information content (AvgIpc) is 2.62. The number of para-hydroxylation sites is 1. The first-order valence-corrected chi connectivity index (χ1v) is 8.78. The fourth-order valence-electron chi connectivity index (χ4n) is 2.41. The minimum atomic E-state index is -2.94. The van der Waals surface area contributed by atoms with E-state index in [1.165, 1.54) is 28.8 Å². The molecule has 1 amide bonds. The number of nitrogens with zero attached hydrogens (tertiary/aromatic N) is 2. The Morgan fingerprint density at radius 2 is 1.85 bits per heavy atom. The Bertz CT molecular complexity index is 1040. The van der Waals surface area contributed by atoms with Crippen LogP contribution in [0, 0.1) is 0 Å². The zero-order valence-corrected chi connectivity index (χ0v) is 15.0. The minimum Gasteiger partial charge on any atom is -0.435 e. The van der Waals surface area contributed by atoms with E-state index >= 15 is 0 Å². The molecule has 0 unspecified atom stereocenters. The maximum atomic E-state index is 13.0. The Kier molecular flexibility index (Phi) is 5.41. The van der Waals surface area contributed by atoms with Gasteiger partial charge in [-0.25, -0.2) is 4.98 Å². The van der Waals surface area contributed by atoms with Crippen LogP contribution in [-0.2, 0) is 4.79 Å². The number of hydrogen-bond donors (Lipinski definition) is 1. The summed E-state index contributed by atoms with van der Waals surface area (Å²) in [5, 5.41) is 0.0414. The Balaban J connectivity index is 2.15. The van der Waals surface area contributed by atoms with E-state index in [2.05, 4.69) is 9.72 Å². The van der Waals surface area contributed by atoms with Crippen LogP contribution in [0.15, 0.2) is 58.5 Å². The molecule has 1 atom stereocenters. The van der Waals surface area contributed by atoms with E-state index in [1.54, 1.807) is 31.2 Å². The van der Waals surface area contributed by atoms with Crippen LogP contribution in [-0.4, -0.2) is 27.3 Å². The van der Waals surface area contributed by atoms with Gasteiger partial charge in [0.25, 0.3) is 5.56 Å². The van der Waals surface area contributed by atoms with E-state index < -0.39 is 17.8 Å². The van der Waals surface area contributed by atoms with Gasteiger partial charge in [-0.15, -0.1) is 0 Å². The van der Waals surface area contributed by atoms with Gasteiger partial charge in [0.05, 0.1) is 21.8 Å². The summed E-state index contributed by atoms with van der Waals surface area (Å²) in [5.74, 6) is -0.579. The van der Waals surface area contributed by atoms with E-state index in [1.807, 2.05) is 0 Å². The number of benzene rings is 2. The molecule has 0 fully saturated rings. The number of fused-ring (bicyclic) bond motifs is 1. The lowest BCUT2D eigenvalue weighted by atomic mass is 10.2. The molecule has 6 nitrogen and oxygen atoms in total. The molecule has 2 N–H and O–H groups in total. The zero-order chi connectivity index (χ0) is 19.6. The molecule has 0 aliphatic rings. The average molecular weight is 391 g/mol. The molecule has 0 spiro atoms. The quantitative estimate of drug-likeness (QED) is 0.516. The minimum absolute atomic E-state index is 0.0322. The van der Waals surface area contributed by atoms with Crippen molar-refractivity contribution in [1.29, 1.82) is 0 Å². The van der Waals surface area contributed by atoms with Crippen LogP contribution in [0.5, 0.6) is 5.75 Å². The summed E-state index contributed by atoms with van der Waals surface area (Å²) >= 11 is 1.04. The second kappa shape index (κ2) is 7.75. The second-order valence-electron chi connectivity index (χ2n) is 5.59. The number of thioether (sulfide) groups is 1. The number of hydrogen-bond acceptors (Lipinski definition) is 5. The SMILES string of the molecule is C[C@H](Sc1nc2ccccc2c(=O)n1-c1ccc(OC(F)F)cc1)C(N)=O. The molecule has 3 rings (SSSR count). The smallest absolute Gasteiger partial charge is 0.387 e. The van der Waals surface area contributed by atoms with Gasteiger partial charge >= 0.3 is 6.61 Å². The summed E-state index contributed by atoms with van der Waals surface area (Å²) in [6, 6.07) is 12.4. The third-order valence-corrected chi connectivity index (χ3v) is 4.82. The van der Waals surface area contributed by atoms with Crippen LogP contribution in [0.25, 0.3) is 16.6 Å². The van der Waals surface area contributed by atoms with Crippen molar-refractivity contribution in [3.63, 3.8) is 0 Å². The predicted octanol–water partition coefficient (Wildman–Crippen LogP) is 2.95. The summed E-state index contributed by atoms with van der Waals surface area (Å²) in [4.78, 5) is 28.9. The lowest BCUT2D eigenvalue weighted by Gasteiger charge is -2.15. The third-order valence-electron chi connectivity index (χ3n) is 3.75. The van der Waals surface area contributed by atoms with E-state index in [0.717, 1.165) is 11.8 Å². The van der Waals surface area contributed by atoms with Crippen molar-refractivity contribution in [2.24, 2.45) is 5.73 Å². The van der Waals surface area contributed by atoms with Crippen molar-refractivity contribution in [2.75, 3.05) is 0 Å². The molecular weight excluding hydrogens is 376 g/mol. The van der Waals surface area contributed by atoms with Crippen LogP contribution in [0.3, 0.4) is 0 Å². The molecule has 0 radical (unpaired) electrons. The van der Waals surface area contributed by atoms with E-state index in [9.17, 15) is 18.4 Å². The fraction of sp³-hybridized carbons (Fsp3) is 0.167. The molecular formula is C18H15F2N3O3S. The Hall–Kier alpha value is -2.94.